The molecule has 0 bridgehead atoms. The van der Waals surface area contributed by atoms with Crippen LogP contribution in [0.25, 0.3) is 0 Å². The van der Waals surface area contributed by atoms with Crippen LogP contribution in [0, 0.1) is 0 Å². The second-order valence-corrected chi connectivity index (χ2v) is 2.89. The molecule has 1 aromatic rings. The Morgan fingerprint density at radius 1 is 1.50 bits per heavy atom. The van der Waals surface area contributed by atoms with Crippen LogP contribution in [-0.4, -0.2) is 33.2 Å². The second-order valence-electron chi connectivity index (χ2n) is 2.89. The average molecular weight is 205 g/mol. The van der Waals surface area contributed by atoms with Gasteiger partial charge in [-0.1, -0.05) is 6.92 Å². The molecule has 0 radical (unpaired) electrons. The third kappa shape index (κ3) is 2.69. The number of rotatable bonds is 5. The molecule has 0 aromatic carbocycles. The first-order valence-electron chi connectivity index (χ1n) is 4.42. The fourth-order valence-electron chi connectivity index (χ4n) is 1.18. The third-order valence-corrected chi connectivity index (χ3v) is 1.77. The van der Waals surface area contributed by atoms with E-state index < -0.39 is 13.0 Å². The average Bonchev–Trinajstić information content (AvgIpc) is 2.51. The lowest BCUT2D eigenvalue weighted by Gasteiger charge is -2.11. The number of alkyl halides is 2. The van der Waals surface area contributed by atoms with Crippen LogP contribution in [-0.2, 0) is 6.54 Å². The van der Waals surface area contributed by atoms with Crippen molar-refractivity contribution >= 4 is 0 Å². The zero-order valence-corrected chi connectivity index (χ0v) is 8.11. The van der Waals surface area contributed by atoms with Crippen molar-refractivity contribution in [3.05, 3.63) is 5.82 Å². The maximum atomic E-state index is 12.1. The zero-order valence-electron chi connectivity index (χ0n) is 8.11. The number of aromatic nitrogens is 4. The summed E-state index contributed by atoms with van der Waals surface area (Å²) in [5.74, 6) is 0.437. The summed E-state index contributed by atoms with van der Waals surface area (Å²) in [5, 5.41) is 13.6. The van der Waals surface area contributed by atoms with Gasteiger partial charge in [-0.3, -0.25) is 0 Å². The molecule has 1 atom stereocenters. The molecule has 0 fully saturated rings. The summed E-state index contributed by atoms with van der Waals surface area (Å²) in [6.45, 7) is 4.04. The van der Waals surface area contributed by atoms with Gasteiger partial charge in [-0.2, -0.15) is 0 Å². The molecule has 0 saturated carbocycles. The molecule has 0 amide bonds. The maximum absolute atomic E-state index is 12.1. The minimum Gasteiger partial charge on any atom is -0.308 e. The van der Waals surface area contributed by atoms with Gasteiger partial charge in [-0.05, 0) is 23.9 Å². The standard InChI is InChI=1S/C7H13F2N5/c1-3-10-5(2)7-11-12-13-14(7)4-6(8)9/h5-6,10H,3-4H2,1-2H3. The fourth-order valence-corrected chi connectivity index (χ4v) is 1.18. The first-order valence-corrected chi connectivity index (χ1v) is 4.42. The van der Waals surface area contributed by atoms with E-state index >= 15 is 0 Å². The van der Waals surface area contributed by atoms with Crippen molar-refractivity contribution in [2.75, 3.05) is 6.54 Å². The summed E-state index contributed by atoms with van der Waals surface area (Å²) in [5.41, 5.74) is 0. The van der Waals surface area contributed by atoms with E-state index in [1.807, 2.05) is 13.8 Å². The van der Waals surface area contributed by atoms with Gasteiger partial charge in [0.2, 0.25) is 0 Å². The Morgan fingerprint density at radius 3 is 2.79 bits per heavy atom. The van der Waals surface area contributed by atoms with Gasteiger partial charge in [0.15, 0.2) is 5.82 Å². The minimum atomic E-state index is -2.44. The molecular weight excluding hydrogens is 192 g/mol. The molecule has 0 aliphatic heterocycles. The molecule has 0 aliphatic rings. The smallest absolute Gasteiger partial charge is 0.258 e. The highest BCUT2D eigenvalue weighted by Gasteiger charge is 2.15. The van der Waals surface area contributed by atoms with Gasteiger partial charge < -0.3 is 5.32 Å². The summed E-state index contributed by atoms with van der Waals surface area (Å²) in [6, 6.07) is -0.117. The number of hydrogen-bond acceptors (Lipinski definition) is 4. The maximum Gasteiger partial charge on any atom is 0.258 e. The summed E-state index contributed by atoms with van der Waals surface area (Å²) in [4.78, 5) is 0. The van der Waals surface area contributed by atoms with Gasteiger partial charge >= 0.3 is 0 Å². The summed E-state index contributed by atoms with van der Waals surface area (Å²) >= 11 is 0. The van der Waals surface area contributed by atoms with E-state index in [0.717, 1.165) is 11.2 Å². The van der Waals surface area contributed by atoms with Crippen LogP contribution in [0.1, 0.15) is 25.7 Å². The number of halogens is 2. The van der Waals surface area contributed by atoms with E-state index in [1.165, 1.54) is 0 Å². The highest BCUT2D eigenvalue weighted by Crippen LogP contribution is 2.08. The Kier molecular flexibility index (Phi) is 3.87. The van der Waals surface area contributed by atoms with Gasteiger partial charge in [0.1, 0.15) is 6.54 Å². The Balaban J connectivity index is 2.70. The van der Waals surface area contributed by atoms with E-state index in [9.17, 15) is 8.78 Å². The van der Waals surface area contributed by atoms with E-state index in [0.29, 0.717) is 5.82 Å². The highest BCUT2D eigenvalue weighted by molar-refractivity contribution is 4.89. The summed E-state index contributed by atoms with van der Waals surface area (Å²) in [6.07, 6.45) is -2.44. The quantitative estimate of drug-likeness (QED) is 0.765. The van der Waals surface area contributed by atoms with E-state index in [-0.39, 0.29) is 6.04 Å². The SMILES string of the molecule is CCNC(C)c1nnnn1CC(F)F. The number of nitrogens with zero attached hydrogens (tertiary/aromatic N) is 4. The van der Waals surface area contributed by atoms with Gasteiger partial charge in [0, 0.05) is 0 Å². The van der Waals surface area contributed by atoms with E-state index in [1.54, 1.807) is 0 Å². The molecule has 0 aliphatic carbocycles. The molecule has 0 spiro atoms. The summed E-state index contributed by atoms with van der Waals surface area (Å²) < 4.78 is 25.3. The molecule has 1 N–H and O–H groups in total. The molecule has 1 aromatic heterocycles. The highest BCUT2D eigenvalue weighted by atomic mass is 19.3. The van der Waals surface area contributed by atoms with Crippen LogP contribution in [0.4, 0.5) is 8.78 Å². The largest absolute Gasteiger partial charge is 0.308 e. The Hall–Kier alpha value is -1.11. The predicted molar refractivity (Wildman–Crippen MR) is 45.9 cm³/mol. The first-order chi connectivity index (χ1) is 6.65. The Labute approximate surface area is 80.5 Å². The van der Waals surface area contributed by atoms with E-state index in [4.69, 9.17) is 0 Å². The van der Waals surface area contributed by atoms with Crippen LogP contribution in [0.15, 0.2) is 0 Å². The lowest BCUT2D eigenvalue weighted by atomic mass is 10.3. The van der Waals surface area contributed by atoms with Crippen LogP contribution >= 0.6 is 0 Å². The number of tetrazole rings is 1. The van der Waals surface area contributed by atoms with Crippen molar-refractivity contribution in [2.24, 2.45) is 0 Å². The Morgan fingerprint density at radius 2 is 2.21 bits per heavy atom. The first kappa shape index (κ1) is 11.0. The lowest BCUT2D eigenvalue weighted by Crippen LogP contribution is -2.23. The topological polar surface area (TPSA) is 55.6 Å². The Bertz CT molecular complexity index is 275. The predicted octanol–water partition coefficient (Wildman–Crippen LogP) is 0.609. The van der Waals surface area contributed by atoms with Crippen molar-refractivity contribution in [1.29, 1.82) is 0 Å². The van der Waals surface area contributed by atoms with E-state index in [2.05, 4.69) is 20.8 Å². The number of nitrogens with one attached hydrogen (secondary N) is 1. The summed E-state index contributed by atoms with van der Waals surface area (Å²) in [7, 11) is 0. The van der Waals surface area contributed by atoms with Crippen molar-refractivity contribution in [2.45, 2.75) is 32.9 Å². The van der Waals surface area contributed by atoms with Crippen molar-refractivity contribution in [1.82, 2.24) is 25.5 Å². The molecule has 1 heterocycles. The molecule has 7 heteroatoms. The normalized spacial score (nSPS) is 13.5. The van der Waals surface area contributed by atoms with Crippen molar-refractivity contribution in [3.8, 4) is 0 Å². The monoisotopic (exact) mass is 205 g/mol. The second kappa shape index (κ2) is 4.94. The molecule has 1 rings (SSSR count). The number of hydrogen-bond donors (Lipinski definition) is 1. The molecule has 80 valence electrons. The van der Waals surface area contributed by atoms with Crippen LogP contribution < -0.4 is 5.32 Å². The van der Waals surface area contributed by atoms with Gasteiger partial charge in [0.05, 0.1) is 6.04 Å². The molecular formula is C7H13F2N5. The van der Waals surface area contributed by atoms with Gasteiger partial charge in [0.25, 0.3) is 6.43 Å². The van der Waals surface area contributed by atoms with Gasteiger partial charge in [-0.25, -0.2) is 13.5 Å². The van der Waals surface area contributed by atoms with Crippen LogP contribution in [0.2, 0.25) is 0 Å². The van der Waals surface area contributed by atoms with Crippen molar-refractivity contribution < 1.29 is 8.78 Å². The molecule has 5 nitrogen and oxygen atoms in total. The minimum absolute atomic E-state index is 0.117. The molecule has 14 heavy (non-hydrogen) atoms. The lowest BCUT2D eigenvalue weighted by molar-refractivity contribution is 0.119. The molecule has 1 unspecified atom stereocenters. The molecule has 0 saturated heterocycles. The third-order valence-electron chi connectivity index (χ3n) is 1.77. The van der Waals surface area contributed by atoms with Gasteiger partial charge in [-0.15, -0.1) is 5.10 Å². The zero-order chi connectivity index (χ0) is 10.6. The fraction of sp³-hybridized carbons (Fsp3) is 0.857. The van der Waals surface area contributed by atoms with Crippen LogP contribution in [0.5, 0.6) is 0 Å². The van der Waals surface area contributed by atoms with Crippen LogP contribution in [0.3, 0.4) is 0 Å². The van der Waals surface area contributed by atoms with Crippen molar-refractivity contribution in [3.63, 3.8) is 0 Å².